The highest BCUT2D eigenvalue weighted by molar-refractivity contribution is 7.13. The summed E-state index contributed by atoms with van der Waals surface area (Å²) in [7, 11) is 0. The largest absolute Gasteiger partial charge is 0.492 e. The summed E-state index contributed by atoms with van der Waals surface area (Å²) in [6.45, 7) is 9.68. The van der Waals surface area contributed by atoms with E-state index in [1.54, 1.807) is 28.8 Å². The molecule has 2 aromatic heterocycles. The molecule has 0 radical (unpaired) electrons. The molecule has 6 nitrogen and oxygen atoms in total. The molecule has 0 spiro atoms. The smallest absolute Gasteiger partial charge is 0.266 e. The zero-order valence-corrected chi connectivity index (χ0v) is 26.4. The van der Waals surface area contributed by atoms with E-state index in [4.69, 9.17) is 32.9 Å². The van der Waals surface area contributed by atoms with Gasteiger partial charge in [-0.05, 0) is 82.0 Å². The number of amides is 1. The molecule has 0 aliphatic carbocycles. The van der Waals surface area contributed by atoms with Gasteiger partial charge in [-0.2, -0.15) is 0 Å². The van der Waals surface area contributed by atoms with E-state index >= 15 is 0 Å². The molecule has 1 aliphatic heterocycles. The van der Waals surface area contributed by atoms with E-state index < -0.39 is 0 Å². The Bertz CT molecular complexity index is 1700. The predicted molar refractivity (Wildman–Crippen MR) is 173 cm³/mol. The molecule has 42 heavy (non-hydrogen) atoms. The van der Waals surface area contributed by atoms with Crippen molar-refractivity contribution in [3.63, 3.8) is 0 Å². The highest BCUT2D eigenvalue weighted by Crippen LogP contribution is 2.33. The normalized spacial score (nSPS) is 15.0. The van der Waals surface area contributed by atoms with Crippen LogP contribution in [-0.2, 0) is 0 Å². The number of ether oxygens (including phenoxy) is 1. The SMILES string of the molecule is CCOc1ccc(Cl)cc1-n1c(C=C(C)C)c(C(=O)N2CCC[C@@H](C)C2)cc(-c2nc(-c3ccc(Cl)cc3)cs2)c1=O. The van der Waals surface area contributed by atoms with Gasteiger partial charge in [-0.1, -0.05) is 47.8 Å². The van der Waals surface area contributed by atoms with Crippen LogP contribution in [0.2, 0.25) is 10.0 Å². The van der Waals surface area contributed by atoms with Crippen LogP contribution in [0.5, 0.6) is 5.75 Å². The molecule has 1 aliphatic rings. The van der Waals surface area contributed by atoms with Crippen LogP contribution in [0.3, 0.4) is 0 Å². The lowest BCUT2D eigenvalue weighted by Gasteiger charge is -2.32. The highest BCUT2D eigenvalue weighted by Gasteiger charge is 2.28. The summed E-state index contributed by atoms with van der Waals surface area (Å²) in [5, 5.41) is 3.51. The molecule has 3 heterocycles. The quantitative estimate of drug-likeness (QED) is 0.207. The number of halogens is 2. The molecular formula is C33H33Cl2N3O3S. The summed E-state index contributed by atoms with van der Waals surface area (Å²) in [6, 6.07) is 14.3. The van der Waals surface area contributed by atoms with E-state index in [0.29, 0.717) is 68.9 Å². The summed E-state index contributed by atoms with van der Waals surface area (Å²) in [5.74, 6) is 0.785. The van der Waals surface area contributed by atoms with Crippen LogP contribution >= 0.6 is 34.5 Å². The van der Waals surface area contributed by atoms with Gasteiger partial charge in [0.1, 0.15) is 10.8 Å². The number of aromatic nitrogens is 2. The maximum atomic E-state index is 14.5. The van der Waals surface area contributed by atoms with Gasteiger partial charge in [0.15, 0.2) is 0 Å². The molecule has 218 valence electrons. The Morgan fingerprint density at radius 3 is 2.55 bits per heavy atom. The van der Waals surface area contributed by atoms with Crippen molar-refractivity contribution in [3.05, 3.63) is 91.1 Å². The minimum Gasteiger partial charge on any atom is -0.492 e. The van der Waals surface area contributed by atoms with Crippen LogP contribution in [0, 0.1) is 5.92 Å². The van der Waals surface area contributed by atoms with E-state index in [9.17, 15) is 9.59 Å². The minimum absolute atomic E-state index is 0.112. The number of hydrogen-bond acceptors (Lipinski definition) is 5. The van der Waals surface area contributed by atoms with Gasteiger partial charge in [-0.15, -0.1) is 11.3 Å². The Morgan fingerprint density at radius 1 is 1.12 bits per heavy atom. The lowest BCUT2D eigenvalue weighted by Crippen LogP contribution is -2.40. The molecule has 1 atom stereocenters. The fourth-order valence-corrected chi connectivity index (χ4v) is 6.38. The molecule has 0 bridgehead atoms. The van der Waals surface area contributed by atoms with E-state index in [-0.39, 0.29) is 11.5 Å². The van der Waals surface area contributed by atoms with Gasteiger partial charge in [0.25, 0.3) is 11.5 Å². The fourth-order valence-electron chi connectivity index (χ4n) is 5.25. The van der Waals surface area contributed by atoms with Gasteiger partial charge in [0, 0.05) is 34.1 Å². The number of thiazole rings is 1. The van der Waals surface area contributed by atoms with Crippen LogP contribution in [0.1, 0.15) is 56.6 Å². The molecule has 4 aromatic rings. The van der Waals surface area contributed by atoms with Gasteiger partial charge in [-0.25, -0.2) is 4.98 Å². The number of allylic oxidation sites excluding steroid dienone is 1. The molecule has 5 rings (SSSR count). The van der Waals surface area contributed by atoms with Crippen LogP contribution in [0.15, 0.2) is 64.3 Å². The van der Waals surface area contributed by atoms with Gasteiger partial charge in [0.05, 0.1) is 34.8 Å². The number of pyridine rings is 1. The van der Waals surface area contributed by atoms with Gasteiger partial charge in [0.2, 0.25) is 0 Å². The molecule has 0 unspecified atom stereocenters. The Hall–Kier alpha value is -3.39. The molecule has 1 fully saturated rings. The van der Waals surface area contributed by atoms with Gasteiger partial charge in [-0.3, -0.25) is 14.2 Å². The van der Waals surface area contributed by atoms with Crippen molar-refractivity contribution < 1.29 is 9.53 Å². The molecule has 2 aromatic carbocycles. The summed E-state index contributed by atoms with van der Waals surface area (Å²) >= 11 is 13.9. The monoisotopic (exact) mass is 621 g/mol. The summed E-state index contributed by atoms with van der Waals surface area (Å²) < 4.78 is 7.51. The molecule has 0 saturated carbocycles. The Labute approximate surface area is 260 Å². The highest BCUT2D eigenvalue weighted by atomic mass is 35.5. The van der Waals surface area contributed by atoms with Crippen molar-refractivity contribution in [1.29, 1.82) is 0 Å². The van der Waals surface area contributed by atoms with Crippen LogP contribution in [-0.4, -0.2) is 40.1 Å². The molecule has 0 N–H and O–H groups in total. The van der Waals surface area contributed by atoms with Crippen molar-refractivity contribution in [2.45, 2.75) is 40.5 Å². The van der Waals surface area contributed by atoms with E-state index in [0.717, 1.165) is 29.7 Å². The van der Waals surface area contributed by atoms with E-state index in [1.807, 2.05) is 61.4 Å². The third kappa shape index (κ3) is 6.33. The first kappa shape index (κ1) is 30.1. The first-order valence-electron chi connectivity index (χ1n) is 14.0. The second-order valence-corrected chi connectivity index (χ2v) is 12.5. The molecular weight excluding hydrogens is 589 g/mol. The lowest BCUT2D eigenvalue weighted by atomic mass is 9.98. The number of benzene rings is 2. The number of carbonyl (C=O) groups excluding carboxylic acids is 1. The number of nitrogens with zero attached hydrogens (tertiary/aromatic N) is 3. The molecule has 1 amide bonds. The predicted octanol–water partition coefficient (Wildman–Crippen LogP) is 8.63. The fraction of sp³-hybridized carbons (Fsp3) is 0.303. The standard InChI is InChI=1S/C33H33Cl2N3O3S/c1-5-41-30-13-12-24(35)16-29(30)38-28(15-20(2)3)25(32(39)37-14-6-7-21(4)18-37)17-26(33(38)40)31-36-27(19-42-31)22-8-10-23(34)11-9-22/h8-13,15-17,19,21H,5-7,14,18H2,1-4H3/t21-/m1/s1. The topological polar surface area (TPSA) is 64.4 Å². The summed E-state index contributed by atoms with van der Waals surface area (Å²) in [6.07, 6.45) is 3.91. The van der Waals surface area contributed by atoms with Gasteiger partial charge < -0.3 is 9.64 Å². The average Bonchev–Trinajstić information content (AvgIpc) is 3.44. The minimum atomic E-state index is -0.314. The Balaban J connectivity index is 1.79. The number of likely N-dealkylation sites (tertiary alicyclic amines) is 1. The van der Waals surface area contributed by atoms with Gasteiger partial charge >= 0.3 is 0 Å². The first-order chi connectivity index (χ1) is 20.2. The number of carbonyl (C=O) groups is 1. The number of hydrogen-bond donors (Lipinski definition) is 0. The van der Waals surface area contributed by atoms with Crippen molar-refractivity contribution in [2.75, 3.05) is 19.7 Å². The third-order valence-electron chi connectivity index (χ3n) is 7.18. The van der Waals surface area contributed by atoms with Crippen LogP contribution < -0.4 is 10.3 Å². The maximum absolute atomic E-state index is 14.5. The average molecular weight is 623 g/mol. The zero-order chi connectivity index (χ0) is 30.0. The maximum Gasteiger partial charge on any atom is 0.266 e. The molecule has 1 saturated heterocycles. The van der Waals surface area contributed by atoms with Crippen molar-refractivity contribution in [3.8, 4) is 33.3 Å². The van der Waals surface area contributed by atoms with Crippen LogP contribution in [0.4, 0.5) is 0 Å². The van der Waals surface area contributed by atoms with E-state index in [2.05, 4.69) is 6.92 Å². The summed E-state index contributed by atoms with van der Waals surface area (Å²) in [4.78, 5) is 35.5. The summed E-state index contributed by atoms with van der Waals surface area (Å²) in [5.41, 5.74) is 3.97. The van der Waals surface area contributed by atoms with Crippen molar-refractivity contribution in [2.24, 2.45) is 5.92 Å². The Morgan fingerprint density at radius 2 is 1.86 bits per heavy atom. The lowest BCUT2D eigenvalue weighted by molar-refractivity contribution is 0.0682. The zero-order valence-electron chi connectivity index (χ0n) is 24.1. The Kier molecular flexibility index (Phi) is 9.21. The van der Waals surface area contributed by atoms with Crippen molar-refractivity contribution in [1.82, 2.24) is 14.5 Å². The van der Waals surface area contributed by atoms with Crippen molar-refractivity contribution >= 4 is 46.5 Å². The second kappa shape index (κ2) is 12.9. The number of piperidine rings is 1. The molecule has 9 heteroatoms. The third-order valence-corrected chi connectivity index (χ3v) is 8.54. The second-order valence-electron chi connectivity index (χ2n) is 10.8. The van der Waals surface area contributed by atoms with E-state index in [1.165, 1.54) is 11.3 Å². The first-order valence-corrected chi connectivity index (χ1v) is 15.7. The number of rotatable bonds is 7. The van der Waals surface area contributed by atoms with Crippen LogP contribution in [0.25, 0.3) is 33.6 Å².